The van der Waals surface area contributed by atoms with Gasteiger partial charge in [-0.25, -0.2) is 4.79 Å². The number of aliphatic hydroxyl groups is 1. The van der Waals surface area contributed by atoms with E-state index in [4.69, 9.17) is 23.7 Å². The summed E-state index contributed by atoms with van der Waals surface area (Å²) in [6, 6.07) is 8.55. The van der Waals surface area contributed by atoms with Crippen molar-refractivity contribution in [3.05, 3.63) is 55.6 Å². The minimum absolute atomic E-state index is 0.333. The number of hydrogen-bond acceptors (Lipinski definition) is 9. The van der Waals surface area contributed by atoms with Crippen LogP contribution in [-0.2, 0) is 33.3 Å². The summed E-state index contributed by atoms with van der Waals surface area (Å²) in [5, 5.41) is 12.5. The summed E-state index contributed by atoms with van der Waals surface area (Å²) < 4.78 is 28.0. The number of carbonyl (C=O) groups excluding carboxylic acids is 3. The molecule has 7 atom stereocenters. The van der Waals surface area contributed by atoms with Gasteiger partial charge >= 0.3 is 18.0 Å². The highest BCUT2D eigenvalue weighted by Crippen LogP contribution is 2.30. The molecule has 0 aliphatic carbocycles. The number of rotatable bonds is 12. The lowest BCUT2D eigenvalue weighted by Gasteiger charge is -2.44. The third kappa shape index (κ3) is 7.91. The Labute approximate surface area is 211 Å². The zero-order valence-corrected chi connectivity index (χ0v) is 20.8. The van der Waals surface area contributed by atoms with E-state index >= 15 is 0 Å². The van der Waals surface area contributed by atoms with Crippen molar-refractivity contribution in [3.63, 3.8) is 0 Å². The van der Waals surface area contributed by atoms with Crippen LogP contribution in [-0.4, -0.2) is 67.6 Å². The molecule has 1 aromatic carbocycles. The van der Waals surface area contributed by atoms with Gasteiger partial charge in [-0.15, -0.1) is 13.2 Å². The molecule has 1 aromatic rings. The summed E-state index contributed by atoms with van der Waals surface area (Å²) in [6.45, 7) is 9.96. The Morgan fingerprint density at radius 3 is 2.03 bits per heavy atom. The highest BCUT2D eigenvalue weighted by Gasteiger charge is 2.53. The van der Waals surface area contributed by atoms with Crippen molar-refractivity contribution in [1.82, 2.24) is 0 Å². The molecule has 1 aliphatic rings. The first-order valence-corrected chi connectivity index (χ1v) is 11.7. The van der Waals surface area contributed by atoms with Crippen LogP contribution in [0.1, 0.15) is 26.7 Å². The van der Waals surface area contributed by atoms with Crippen LogP contribution in [0.5, 0.6) is 0 Å². The number of esters is 2. The highest BCUT2D eigenvalue weighted by atomic mass is 16.7. The zero-order chi connectivity index (χ0) is 26.7. The van der Waals surface area contributed by atoms with Gasteiger partial charge in [0.15, 0.2) is 24.6 Å². The molecule has 1 fully saturated rings. The molecule has 2 rings (SSSR count). The van der Waals surface area contributed by atoms with Gasteiger partial charge in [0, 0.05) is 12.8 Å². The largest absolute Gasteiger partial charge is 0.454 e. The maximum atomic E-state index is 12.9. The molecule has 198 valence electrons. The Kier molecular flexibility index (Phi) is 11.6. The molecule has 0 aromatic heterocycles. The standard InChI is InChI=1S/C26H35NO9/c1-6-11-16(3)23(29)34-21-20(36-26(31)27-18-13-9-8-10-14-18)19(15-28)33-25(32-5)22(21)35-24(30)17(4)12-7-2/h6-10,13-14,16-17,19-22,25,28H,1-2,11-12,15H2,3-5H3,(H,27,31)/t16-,17-,19-,20+,21+,22-,25+/m1/s1. The summed E-state index contributed by atoms with van der Waals surface area (Å²) in [7, 11) is 1.32. The fourth-order valence-corrected chi connectivity index (χ4v) is 3.60. The topological polar surface area (TPSA) is 130 Å². The fourth-order valence-electron chi connectivity index (χ4n) is 3.60. The molecule has 10 nitrogen and oxygen atoms in total. The number of carbonyl (C=O) groups is 3. The van der Waals surface area contributed by atoms with Gasteiger partial charge in [0.2, 0.25) is 0 Å². The first-order valence-electron chi connectivity index (χ1n) is 11.7. The number of aliphatic hydroxyl groups excluding tert-OH is 1. The van der Waals surface area contributed by atoms with E-state index in [0.717, 1.165) is 0 Å². The lowest BCUT2D eigenvalue weighted by Crippen LogP contribution is -2.63. The van der Waals surface area contributed by atoms with Gasteiger partial charge < -0.3 is 28.8 Å². The van der Waals surface area contributed by atoms with E-state index < -0.39 is 67.2 Å². The summed E-state index contributed by atoms with van der Waals surface area (Å²) in [5.41, 5.74) is 0.462. The van der Waals surface area contributed by atoms with Crippen LogP contribution in [0.4, 0.5) is 10.5 Å². The molecule has 36 heavy (non-hydrogen) atoms. The number of anilines is 1. The maximum Gasteiger partial charge on any atom is 0.412 e. The first kappa shape index (κ1) is 29.0. The Hall–Kier alpha value is -3.21. The van der Waals surface area contributed by atoms with Crippen LogP contribution in [0.3, 0.4) is 0 Å². The van der Waals surface area contributed by atoms with Crippen LogP contribution in [0.2, 0.25) is 0 Å². The van der Waals surface area contributed by atoms with Crippen LogP contribution < -0.4 is 5.32 Å². The van der Waals surface area contributed by atoms with E-state index in [1.165, 1.54) is 7.11 Å². The summed E-state index contributed by atoms with van der Waals surface area (Å²) in [4.78, 5) is 38.3. The summed E-state index contributed by atoms with van der Waals surface area (Å²) in [6.07, 6.45) is -3.33. The molecular formula is C26H35NO9. The number of allylic oxidation sites excluding steroid dienone is 2. The molecule has 0 bridgehead atoms. The molecule has 10 heteroatoms. The van der Waals surface area contributed by atoms with Crippen molar-refractivity contribution >= 4 is 23.7 Å². The minimum atomic E-state index is -1.33. The van der Waals surface area contributed by atoms with Crippen molar-refractivity contribution in [3.8, 4) is 0 Å². The van der Waals surface area contributed by atoms with Crippen molar-refractivity contribution in [2.75, 3.05) is 19.0 Å². The smallest absolute Gasteiger partial charge is 0.412 e. The summed E-state index contributed by atoms with van der Waals surface area (Å²) in [5.74, 6) is -2.37. The van der Waals surface area contributed by atoms with Gasteiger partial charge in [-0.3, -0.25) is 14.9 Å². The van der Waals surface area contributed by atoms with Crippen LogP contribution >= 0.6 is 0 Å². The van der Waals surface area contributed by atoms with Gasteiger partial charge in [-0.2, -0.15) is 0 Å². The Morgan fingerprint density at radius 1 is 0.972 bits per heavy atom. The van der Waals surface area contributed by atoms with Crippen LogP contribution in [0.15, 0.2) is 55.6 Å². The third-order valence-electron chi connectivity index (χ3n) is 5.62. The van der Waals surface area contributed by atoms with E-state index in [1.807, 2.05) is 0 Å². The second kappa shape index (κ2) is 14.4. The monoisotopic (exact) mass is 505 g/mol. The van der Waals surface area contributed by atoms with Gasteiger partial charge in [-0.05, 0) is 25.0 Å². The number of hydrogen-bond donors (Lipinski definition) is 2. The van der Waals surface area contributed by atoms with E-state index in [9.17, 15) is 19.5 Å². The molecule has 0 saturated carbocycles. The average molecular weight is 506 g/mol. The molecule has 0 spiro atoms. The second-order valence-corrected chi connectivity index (χ2v) is 8.48. The predicted octanol–water partition coefficient (Wildman–Crippen LogP) is 3.22. The lowest BCUT2D eigenvalue weighted by atomic mass is 9.97. The van der Waals surface area contributed by atoms with Crippen molar-refractivity contribution in [2.45, 2.75) is 57.4 Å². The molecule has 0 radical (unpaired) electrons. The average Bonchev–Trinajstić information content (AvgIpc) is 2.86. The van der Waals surface area contributed by atoms with Crippen molar-refractivity contribution in [2.24, 2.45) is 11.8 Å². The van der Waals surface area contributed by atoms with Gasteiger partial charge in [-0.1, -0.05) is 44.2 Å². The molecule has 0 unspecified atom stereocenters. The van der Waals surface area contributed by atoms with E-state index in [1.54, 1.807) is 56.3 Å². The molecule has 1 aliphatic heterocycles. The molecule has 1 amide bonds. The van der Waals surface area contributed by atoms with E-state index in [0.29, 0.717) is 18.5 Å². The lowest BCUT2D eigenvalue weighted by molar-refractivity contribution is -0.300. The van der Waals surface area contributed by atoms with Crippen molar-refractivity contribution in [1.29, 1.82) is 0 Å². The number of nitrogens with one attached hydrogen (secondary N) is 1. The van der Waals surface area contributed by atoms with Crippen molar-refractivity contribution < 1.29 is 43.2 Å². The SMILES string of the molecule is C=CC[C@@H](C)C(=O)O[C@H]1[C@@H](OC(=O)Nc2ccccc2)[C@@H](CO)O[C@H](OC)[C@@H]1OC(=O)[C@H](C)CC=C. The highest BCUT2D eigenvalue weighted by molar-refractivity contribution is 5.84. The molecule has 1 saturated heterocycles. The van der Waals surface area contributed by atoms with Crippen LogP contribution in [0.25, 0.3) is 0 Å². The normalized spacial score (nSPS) is 25.1. The van der Waals surface area contributed by atoms with E-state index in [2.05, 4.69) is 18.5 Å². The van der Waals surface area contributed by atoms with E-state index in [-0.39, 0.29) is 0 Å². The maximum absolute atomic E-state index is 12.9. The number of benzene rings is 1. The number of methoxy groups -OCH3 is 1. The van der Waals surface area contributed by atoms with Gasteiger partial charge in [0.25, 0.3) is 0 Å². The molecular weight excluding hydrogens is 470 g/mol. The predicted molar refractivity (Wildman–Crippen MR) is 131 cm³/mol. The fraction of sp³-hybridized carbons (Fsp3) is 0.500. The van der Waals surface area contributed by atoms with Crippen LogP contribution in [0, 0.1) is 11.8 Å². The molecule has 1 heterocycles. The Morgan fingerprint density at radius 2 is 1.53 bits per heavy atom. The zero-order valence-electron chi connectivity index (χ0n) is 20.8. The van der Waals surface area contributed by atoms with Gasteiger partial charge in [0.1, 0.15) is 6.10 Å². The molecule has 2 N–H and O–H groups in total. The summed E-state index contributed by atoms with van der Waals surface area (Å²) >= 11 is 0. The Bertz CT molecular complexity index is 891. The Balaban J connectivity index is 2.38. The minimum Gasteiger partial charge on any atom is -0.454 e. The second-order valence-electron chi connectivity index (χ2n) is 8.48. The quantitative estimate of drug-likeness (QED) is 0.250. The first-order chi connectivity index (χ1) is 17.2. The number of para-hydroxylation sites is 1. The number of ether oxygens (including phenoxy) is 5. The third-order valence-corrected chi connectivity index (χ3v) is 5.62. The number of amides is 1. The van der Waals surface area contributed by atoms with Gasteiger partial charge in [0.05, 0.1) is 18.4 Å².